The highest BCUT2D eigenvalue weighted by Gasteiger charge is 2.36. The van der Waals surface area contributed by atoms with Crippen LogP contribution in [0.5, 0.6) is 5.75 Å². The van der Waals surface area contributed by atoms with Crippen molar-refractivity contribution in [3.05, 3.63) is 45.7 Å². The summed E-state index contributed by atoms with van der Waals surface area (Å²) in [5, 5.41) is 5.72. The maximum Gasteiger partial charge on any atom is 0.219 e. The molecule has 2 N–H and O–H groups in total. The molecule has 0 spiro atoms. The lowest BCUT2D eigenvalue weighted by Crippen LogP contribution is -2.47. The van der Waals surface area contributed by atoms with Crippen molar-refractivity contribution in [1.29, 1.82) is 0 Å². The van der Waals surface area contributed by atoms with Crippen molar-refractivity contribution in [3.63, 3.8) is 0 Å². The molecule has 3 aromatic rings. The molecule has 4 rings (SSSR count). The molecule has 2 aromatic heterocycles. The first kappa shape index (κ1) is 21.8. The number of carbonyl (C=O) groups excluding carboxylic acids is 1. The number of fused-ring (bicyclic) bond motifs is 1. The molecule has 1 fully saturated rings. The van der Waals surface area contributed by atoms with Gasteiger partial charge in [-0.3, -0.25) is 4.79 Å². The average Bonchev–Trinajstić information content (AvgIpc) is 3.05. The van der Waals surface area contributed by atoms with E-state index in [0.29, 0.717) is 53.0 Å². The third kappa shape index (κ3) is 3.41. The molecule has 0 saturated carbocycles. The second-order valence-electron chi connectivity index (χ2n) is 7.87. The first-order valence-corrected chi connectivity index (χ1v) is 10.7. The topological polar surface area (TPSA) is 104 Å². The molecule has 1 unspecified atom stereocenters. The third-order valence-corrected chi connectivity index (χ3v) is 6.20. The first-order valence-electron chi connectivity index (χ1n) is 10.4. The van der Waals surface area contributed by atoms with Gasteiger partial charge in [0.15, 0.2) is 5.65 Å². The zero-order valence-electron chi connectivity index (χ0n) is 18.4. The summed E-state index contributed by atoms with van der Waals surface area (Å²) in [7, 11) is 0. The standard InChI is InChI=1S/C22H24ClN7O2/c1-6-32-20-15(12(3)30-22-17(11(2)28-30)21(24)26-10-27-22)7-16(23)19(25-5)18(20)14-8-29(9-14)13(4)31/h7,10,12,14H,6,8-9H2,1-4H3,(H2,24,26,27). The monoisotopic (exact) mass is 453 g/mol. The summed E-state index contributed by atoms with van der Waals surface area (Å²) in [5.74, 6) is 0.974. The summed E-state index contributed by atoms with van der Waals surface area (Å²) in [6.07, 6.45) is 1.41. The van der Waals surface area contributed by atoms with Gasteiger partial charge in [-0.2, -0.15) is 5.10 Å². The molecule has 32 heavy (non-hydrogen) atoms. The predicted octanol–water partition coefficient (Wildman–Crippen LogP) is 3.87. The lowest BCUT2D eigenvalue weighted by Gasteiger charge is -2.40. The Kier molecular flexibility index (Phi) is 5.65. The summed E-state index contributed by atoms with van der Waals surface area (Å²) in [5.41, 5.74) is 9.31. The molecular formula is C22H24ClN7O2. The van der Waals surface area contributed by atoms with Crippen molar-refractivity contribution < 1.29 is 9.53 Å². The molecule has 0 radical (unpaired) electrons. The number of carbonyl (C=O) groups is 1. The molecule has 1 aromatic carbocycles. The number of halogens is 1. The van der Waals surface area contributed by atoms with E-state index in [-0.39, 0.29) is 17.9 Å². The first-order chi connectivity index (χ1) is 15.3. The van der Waals surface area contributed by atoms with Gasteiger partial charge in [-0.05, 0) is 26.8 Å². The number of nitrogens with zero attached hydrogens (tertiary/aromatic N) is 6. The molecule has 3 heterocycles. The van der Waals surface area contributed by atoms with Crippen molar-refractivity contribution in [2.45, 2.75) is 39.7 Å². The highest BCUT2D eigenvalue weighted by atomic mass is 35.5. The maximum atomic E-state index is 11.7. The Morgan fingerprint density at radius 1 is 1.44 bits per heavy atom. The van der Waals surface area contributed by atoms with Crippen LogP contribution in [0.1, 0.15) is 49.6 Å². The zero-order chi connectivity index (χ0) is 23.2. The molecule has 0 aliphatic carbocycles. The lowest BCUT2D eigenvalue weighted by molar-refractivity contribution is -0.133. The second kappa shape index (κ2) is 8.28. The SMILES string of the molecule is [C-]#[N+]c1c(Cl)cc(C(C)n2nc(C)c3c(N)ncnc32)c(OCC)c1C1CN(C(C)=O)C1. The van der Waals surface area contributed by atoms with Crippen LogP contribution in [-0.4, -0.2) is 50.3 Å². The van der Waals surface area contributed by atoms with Gasteiger partial charge in [0.25, 0.3) is 0 Å². The van der Waals surface area contributed by atoms with Gasteiger partial charge in [-0.25, -0.2) is 19.5 Å². The van der Waals surface area contributed by atoms with E-state index in [0.717, 1.165) is 16.8 Å². The van der Waals surface area contributed by atoms with E-state index in [9.17, 15) is 4.79 Å². The van der Waals surface area contributed by atoms with E-state index in [2.05, 4.69) is 19.9 Å². The molecule has 1 atom stereocenters. The second-order valence-corrected chi connectivity index (χ2v) is 8.28. The maximum absolute atomic E-state index is 11.7. The number of hydrogen-bond donors (Lipinski definition) is 1. The molecule has 9 nitrogen and oxygen atoms in total. The number of likely N-dealkylation sites (tertiary alicyclic amines) is 1. The van der Waals surface area contributed by atoms with E-state index >= 15 is 0 Å². The van der Waals surface area contributed by atoms with Gasteiger partial charge >= 0.3 is 0 Å². The Labute approximate surface area is 191 Å². The number of ether oxygens (including phenoxy) is 1. The van der Waals surface area contributed by atoms with Crippen LogP contribution in [-0.2, 0) is 4.79 Å². The van der Waals surface area contributed by atoms with Crippen molar-refractivity contribution in [2.75, 3.05) is 25.4 Å². The molecule has 166 valence electrons. The summed E-state index contributed by atoms with van der Waals surface area (Å²) < 4.78 is 7.88. The highest BCUT2D eigenvalue weighted by molar-refractivity contribution is 6.33. The third-order valence-electron chi connectivity index (χ3n) is 5.92. The molecule has 0 bridgehead atoms. The Morgan fingerprint density at radius 3 is 2.78 bits per heavy atom. The van der Waals surface area contributed by atoms with Gasteiger partial charge in [-0.1, -0.05) is 11.6 Å². The summed E-state index contributed by atoms with van der Waals surface area (Å²) >= 11 is 6.59. The van der Waals surface area contributed by atoms with Crippen LogP contribution in [0.4, 0.5) is 11.5 Å². The number of nitrogen functional groups attached to an aromatic ring is 1. The van der Waals surface area contributed by atoms with Gasteiger partial charge in [-0.15, -0.1) is 0 Å². The fourth-order valence-electron chi connectivity index (χ4n) is 4.26. The average molecular weight is 454 g/mol. The fourth-order valence-corrected chi connectivity index (χ4v) is 4.52. The number of nitrogens with two attached hydrogens (primary N) is 1. The lowest BCUT2D eigenvalue weighted by atomic mass is 9.86. The van der Waals surface area contributed by atoms with Gasteiger partial charge in [0.2, 0.25) is 11.6 Å². The van der Waals surface area contributed by atoms with E-state index in [1.165, 1.54) is 6.33 Å². The van der Waals surface area contributed by atoms with Crippen LogP contribution in [0.3, 0.4) is 0 Å². The van der Waals surface area contributed by atoms with Gasteiger partial charge in [0, 0.05) is 42.1 Å². The van der Waals surface area contributed by atoms with Crippen LogP contribution < -0.4 is 10.5 Å². The number of aryl methyl sites for hydroxylation is 1. The number of benzene rings is 1. The minimum absolute atomic E-state index is 0.00921. The summed E-state index contributed by atoms with van der Waals surface area (Å²) in [4.78, 5) is 25.6. The summed E-state index contributed by atoms with van der Waals surface area (Å²) in [6, 6.07) is 1.46. The Balaban J connectivity index is 1.89. The number of aromatic nitrogens is 4. The van der Waals surface area contributed by atoms with Crippen LogP contribution in [0.2, 0.25) is 5.02 Å². The predicted molar refractivity (Wildman–Crippen MR) is 122 cm³/mol. The molecule has 1 saturated heterocycles. The van der Waals surface area contributed by atoms with Gasteiger partial charge in [0.05, 0.1) is 30.3 Å². The van der Waals surface area contributed by atoms with Crippen LogP contribution in [0.25, 0.3) is 15.9 Å². The molecule has 10 heteroatoms. The van der Waals surface area contributed by atoms with E-state index in [4.69, 9.17) is 28.6 Å². The number of anilines is 1. The number of rotatable bonds is 5. The minimum Gasteiger partial charge on any atom is -0.495 e. The Bertz CT molecular complexity index is 1260. The van der Waals surface area contributed by atoms with Gasteiger partial charge < -0.3 is 15.4 Å². The zero-order valence-corrected chi connectivity index (χ0v) is 19.1. The Hall–Kier alpha value is -3.38. The smallest absolute Gasteiger partial charge is 0.219 e. The van der Waals surface area contributed by atoms with E-state index in [1.54, 1.807) is 22.6 Å². The molecular weight excluding hydrogens is 430 g/mol. The molecule has 1 aliphatic rings. The largest absolute Gasteiger partial charge is 0.495 e. The van der Waals surface area contributed by atoms with E-state index in [1.807, 2.05) is 20.8 Å². The van der Waals surface area contributed by atoms with Crippen molar-refractivity contribution >= 4 is 40.0 Å². The van der Waals surface area contributed by atoms with Crippen LogP contribution >= 0.6 is 11.6 Å². The molecule has 1 aliphatic heterocycles. The van der Waals surface area contributed by atoms with Crippen LogP contribution in [0.15, 0.2) is 12.4 Å². The van der Waals surface area contributed by atoms with Gasteiger partial charge in [0.1, 0.15) is 17.9 Å². The molecule has 1 amide bonds. The minimum atomic E-state index is -0.304. The van der Waals surface area contributed by atoms with E-state index < -0.39 is 0 Å². The number of amides is 1. The number of hydrogen-bond acceptors (Lipinski definition) is 6. The quantitative estimate of drug-likeness (QED) is 0.588. The Morgan fingerprint density at radius 2 is 2.16 bits per heavy atom. The summed E-state index contributed by atoms with van der Waals surface area (Å²) in [6.45, 7) is 16.5. The van der Waals surface area contributed by atoms with Crippen LogP contribution in [0, 0.1) is 13.5 Å². The van der Waals surface area contributed by atoms with Crippen molar-refractivity contribution in [2.24, 2.45) is 0 Å². The fraction of sp³-hybridized carbons (Fsp3) is 0.409. The van der Waals surface area contributed by atoms with Crippen molar-refractivity contribution in [1.82, 2.24) is 24.6 Å². The highest BCUT2D eigenvalue weighted by Crippen LogP contribution is 2.48. The normalized spacial score (nSPS) is 14.8. The van der Waals surface area contributed by atoms with Crippen molar-refractivity contribution in [3.8, 4) is 5.75 Å².